The van der Waals surface area contributed by atoms with Crippen LogP contribution < -0.4 is 5.32 Å². The van der Waals surface area contributed by atoms with Crippen molar-refractivity contribution in [2.24, 2.45) is 0 Å². The number of rotatable bonds is 5. The molecule has 0 atom stereocenters. The molecule has 0 aliphatic carbocycles. The van der Waals surface area contributed by atoms with Crippen LogP contribution in [0, 0.1) is 25.2 Å². The molecule has 1 amide bonds. The lowest BCUT2D eigenvalue weighted by atomic mass is 10.1. The van der Waals surface area contributed by atoms with Crippen molar-refractivity contribution in [3.05, 3.63) is 84.2 Å². The van der Waals surface area contributed by atoms with Gasteiger partial charge in [0.15, 0.2) is 0 Å². The molecule has 4 rings (SSSR count). The topological polar surface area (TPSA) is 96.5 Å². The number of benzene rings is 1. The number of carbonyl (C=O) groups excluding carboxylic acids is 1. The number of carbonyl (C=O) groups is 1. The van der Waals surface area contributed by atoms with Crippen LogP contribution in [0.4, 0.5) is 5.82 Å². The van der Waals surface area contributed by atoms with E-state index in [9.17, 15) is 4.79 Å². The molecule has 152 valence electrons. The minimum Gasteiger partial charge on any atom is -0.325 e. The first-order valence-electron chi connectivity index (χ1n) is 9.74. The lowest BCUT2D eigenvalue weighted by molar-refractivity contribution is -0.116. The SMILES string of the molecule is Cc1cc(-c2ncn(CC(=O)Nc3ccc(-c4ccc(C#N)cc4)cn3)c2C)ccn1. The first-order valence-corrected chi connectivity index (χ1v) is 9.74. The summed E-state index contributed by atoms with van der Waals surface area (Å²) in [6.45, 7) is 4.01. The maximum atomic E-state index is 12.5. The second-order valence-corrected chi connectivity index (χ2v) is 7.16. The number of nitrogens with zero attached hydrogens (tertiary/aromatic N) is 5. The fraction of sp³-hybridized carbons (Fsp3) is 0.125. The van der Waals surface area contributed by atoms with Gasteiger partial charge in [0.2, 0.25) is 5.91 Å². The quantitative estimate of drug-likeness (QED) is 0.535. The van der Waals surface area contributed by atoms with E-state index >= 15 is 0 Å². The summed E-state index contributed by atoms with van der Waals surface area (Å²) in [5.41, 5.74) is 6.11. The van der Waals surface area contributed by atoms with Gasteiger partial charge in [0.1, 0.15) is 12.4 Å². The van der Waals surface area contributed by atoms with Crippen LogP contribution in [0.25, 0.3) is 22.4 Å². The van der Waals surface area contributed by atoms with Gasteiger partial charge in [-0.3, -0.25) is 9.78 Å². The Morgan fingerprint density at radius 2 is 1.77 bits per heavy atom. The van der Waals surface area contributed by atoms with Crippen LogP contribution in [0.2, 0.25) is 0 Å². The van der Waals surface area contributed by atoms with E-state index in [0.29, 0.717) is 11.4 Å². The van der Waals surface area contributed by atoms with Crippen molar-refractivity contribution in [3.8, 4) is 28.5 Å². The van der Waals surface area contributed by atoms with Gasteiger partial charge in [0.25, 0.3) is 0 Å². The van der Waals surface area contributed by atoms with Crippen LogP contribution in [0.5, 0.6) is 0 Å². The van der Waals surface area contributed by atoms with Crippen molar-refractivity contribution in [2.45, 2.75) is 20.4 Å². The Morgan fingerprint density at radius 1 is 1.00 bits per heavy atom. The first-order chi connectivity index (χ1) is 15.0. The average molecular weight is 408 g/mol. The van der Waals surface area contributed by atoms with Crippen LogP contribution in [0.1, 0.15) is 17.0 Å². The molecule has 0 spiro atoms. The standard InChI is InChI=1S/C24H20N6O/c1-16-11-20(9-10-26-16)24-17(2)30(15-28-24)14-23(31)29-22-8-7-21(13-27-22)19-5-3-18(12-25)4-6-19/h3-11,13,15H,14H2,1-2H3,(H,27,29,31). The molecular weight excluding hydrogens is 388 g/mol. The third kappa shape index (κ3) is 4.49. The van der Waals surface area contributed by atoms with Crippen molar-refractivity contribution in [2.75, 3.05) is 5.32 Å². The molecule has 0 fully saturated rings. The van der Waals surface area contributed by atoms with Crippen molar-refractivity contribution < 1.29 is 4.79 Å². The van der Waals surface area contributed by atoms with E-state index in [-0.39, 0.29) is 12.5 Å². The third-order valence-electron chi connectivity index (χ3n) is 4.96. The van der Waals surface area contributed by atoms with Crippen LogP contribution >= 0.6 is 0 Å². The molecule has 0 saturated carbocycles. The number of amides is 1. The highest BCUT2D eigenvalue weighted by Crippen LogP contribution is 2.22. The van der Waals surface area contributed by atoms with E-state index in [4.69, 9.17) is 5.26 Å². The number of hydrogen-bond acceptors (Lipinski definition) is 5. The predicted molar refractivity (Wildman–Crippen MR) is 118 cm³/mol. The molecule has 0 bridgehead atoms. The molecule has 0 radical (unpaired) electrons. The number of aromatic nitrogens is 4. The zero-order valence-corrected chi connectivity index (χ0v) is 17.2. The van der Waals surface area contributed by atoms with Crippen molar-refractivity contribution in [1.82, 2.24) is 19.5 Å². The van der Waals surface area contributed by atoms with Gasteiger partial charge in [-0.1, -0.05) is 12.1 Å². The molecule has 0 aliphatic rings. The van der Waals surface area contributed by atoms with E-state index in [0.717, 1.165) is 33.8 Å². The van der Waals surface area contributed by atoms with Crippen molar-refractivity contribution >= 4 is 11.7 Å². The number of nitrogens with one attached hydrogen (secondary N) is 1. The fourth-order valence-corrected chi connectivity index (χ4v) is 3.29. The minimum atomic E-state index is -0.184. The zero-order chi connectivity index (χ0) is 21.8. The van der Waals surface area contributed by atoms with Crippen molar-refractivity contribution in [3.63, 3.8) is 0 Å². The second-order valence-electron chi connectivity index (χ2n) is 7.16. The summed E-state index contributed by atoms with van der Waals surface area (Å²) in [4.78, 5) is 25.5. The Hall–Kier alpha value is -4.31. The third-order valence-corrected chi connectivity index (χ3v) is 4.96. The normalized spacial score (nSPS) is 10.5. The lowest BCUT2D eigenvalue weighted by Gasteiger charge is -2.08. The second kappa shape index (κ2) is 8.59. The van der Waals surface area contributed by atoms with Gasteiger partial charge >= 0.3 is 0 Å². The number of imidazole rings is 1. The van der Waals surface area contributed by atoms with Gasteiger partial charge < -0.3 is 9.88 Å². The molecule has 0 unspecified atom stereocenters. The van der Waals surface area contributed by atoms with E-state index in [1.54, 1.807) is 36.9 Å². The van der Waals surface area contributed by atoms with Gasteiger partial charge in [-0.2, -0.15) is 5.26 Å². The molecule has 7 heteroatoms. The first kappa shape index (κ1) is 20.0. The van der Waals surface area contributed by atoms with E-state index < -0.39 is 0 Å². The molecule has 1 N–H and O–H groups in total. The Kier molecular flexibility index (Phi) is 5.54. The van der Waals surface area contributed by atoms with Crippen LogP contribution in [0.15, 0.2) is 67.3 Å². The van der Waals surface area contributed by atoms with Gasteiger partial charge in [-0.25, -0.2) is 9.97 Å². The number of nitriles is 1. The number of pyridine rings is 2. The number of aryl methyl sites for hydroxylation is 1. The van der Waals surface area contributed by atoms with Gasteiger partial charge in [-0.15, -0.1) is 0 Å². The smallest absolute Gasteiger partial charge is 0.245 e. The Balaban J connectivity index is 1.43. The average Bonchev–Trinajstić information content (AvgIpc) is 3.14. The maximum Gasteiger partial charge on any atom is 0.245 e. The summed E-state index contributed by atoms with van der Waals surface area (Å²) in [6, 6.07) is 16.9. The highest BCUT2D eigenvalue weighted by Gasteiger charge is 2.12. The summed E-state index contributed by atoms with van der Waals surface area (Å²) in [6.07, 6.45) is 5.12. The molecule has 0 aliphatic heterocycles. The Morgan fingerprint density at radius 3 is 2.45 bits per heavy atom. The van der Waals surface area contributed by atoms with Crippen LogP contribution in [-0.2, 0) is 11.3 Å². The summed E-state index contributed by atoms with van der Waals surface area (Å²) < 4.78 is 1.81. The molecule has 3 heterocycles. The van der Waals surface area contributed by atoms with Gasteiger partial charge in [-0.05, 0) is 55.8 Å². The molecule has 0 saturated heterocycles. The maximum absolute atomic E-state index is 12.5. The fourth-order valence-electron chi connectivity index (χ4n) is 3.29. The summed E-state index contributed by atoms with van der Waals surface area (Å²) >= 11 is 0. The lowest BCUT2D eigenvalue weighted by Crippen LogP contribution is -2.19. The highest BCUT2D eigenvalue weighted by atomic mass is 16.2. The van der Waals surface area contributed by atoms with Gasteiger partial charge in [0.05, 0.1) is 23.7 Å². The van der Waals surface area contributed by atoms with Crippen LogP contribution in [0.3, 0.4) is 0 Å². The summed E-state index contributed by atoms with van der Waals surface area (Å²) in [5.74, 6) is 0.293. The summed E-state index contributed by atoms with van der Waals surface area (Å²) in [7, 11) is 0. The Bertz CT molecular complexity index is 1270. The Labute approximate surface area is 180 Å². The van der Waals surface area contributed by atoms with E-state index in [1.807, 2.05) is 48.7 Å². The highest BCUT2D eigenvalue weighted by molar-refractivity contribution is 5.90. The molecule has 7 nitrogen and oxygen atoms in total. The van der Waals surface area contributed by atoms with E-state index in [1.165, 1.54) is 0 Å². The summed E-state index contributed by atoms with van der Waals surface area (Å²) in [5, 5.41) is 11.7. The zero-order valence-electron chi connectivity index (χ0n) is 17.2. The van der Waals surface area contributed by atoms with Crippen molar-refractivity contribution in [1.29, 1.82) is 5.26 Å². The monoisotopic (exact) mass is 408 g/mol. The minimum absolute atomic E-state index is 0.141. The molecular formula is C24H20N6O. The molecule has 4 aromatic rings. The largest absolute Gasteiger partial charge is 0.325 e. The number of hydrogen-bond donors (Lipinski definition) is 1. The van der Waals surface area contributed by atoms with Crippen LogP contribution in [-0.4, -0.2) is 25.4 Å². The van der Waals surface area contributed by atoms with E-state index in [2.05, 4.69) is 26.3 Å². The number of anilines is 1. The molecule has 3 aromatic heterocycles. The molecule has 31 heavy (non-hydrogen) atoms. The molecule has 1 aromatic carbocycles. The van der Waals surface area contributed by atoms with Gasteiger partial charge in [0, 0.05) is 34.9 Å². The predicted octanol–water partition coefficient (Wildman–Crippen LogP) is 4.13.